The van der Waals surface area contributed by atoms with Crippen LogP contribution in [0.25, 0.3) is 11.1 Å². The van der Waals surface area contributed by atoms with Gasteiger partial charge in [-0.2, -0.15) is 0 Å². The van der Waals surface area contributed by atoms with E-state index < -0.39 is 11.6 Å². The predicted molar refractivity (Wildman–Crippen MR) is 95.4 cm³/mol. The molecule has 0 aliphatic heterocycles. The van der Waals surface area contributed by atoms with E-state index in [0.29, 0.717) is 11.1 Å². The van der Waals surface area contributed by atoms with E-state index in [1.807, 2.05) is 30.4 Å². The van der Waals surface area contributed by atoms with Crippen molar-refractivity contribution in [1.29, 1.82) is 0 Å². The minimum Gasteiger partial charge on any atom is -0.496 e. The number of allylic oxidation sites excluding steroid dienone is 2. The first-order valence-corrected chi connectivity index (χ1v) is 8.42. The van der Waals surface area contributed by atoms with Crippen LogP contribution in [-0.2, 0) is 4.74 Å². The van der Waals surface area contributed by atoms with Gasteiger partial charge in [-0.3, -0.25) is 0 Å². The maximum atomic E-state index is 14.1. The zero-order valence-corrected chi connectivity index (χ0v) is 14.0. The Morgan fingerprint density at radius 3 is 2.50 bits per heavy atom. The molecule has 0 spiro atoms. The number of benzene rings is 2. The second-order valence-corrected chi connectivity index (χ2v) is 6.15. The molecule has 0 saturated heterocycles. The standard InChI is InChI=1S/C19H17F2NOS/c1-23-18-9-5-6-10-19(18)24-22-17-11-14(15(20)12-16(17)21)13-7-3-2-4-8-13/h2-4,7-12,22H,5-6H2,1H3. The van der Waals surface area contributed by atoms with Crippen LogP contribution in [0.3, 0.4) is 0 Å². The minimum atomic E-state index is -0.626. The third-order valence-corrected chi connectivity index (χ3v) is 4.61. The lowest BCUT2D eigenvalue weighted by molar-refractivity contribution is 0.302. The second-order valence-electron chi connectivity index (χ2n) is 5.30. The summed E-state index contributed by atoms with van der Waals surface area (Å²) in [4.78, 5) is 0.897. The van der Waals surface area contributed by atoms with Gasteiger partial charge in [-0.25, -0.2) is 8.78 Å². The van der Waals surface area contributed by atoms with E-state index in [1.54, 1.807) is 19.2 Å². The van der Waals surface area contributed by atoms with Crippen LogP contribution in [0.1, 0.15) is 12.8 Å². The zero-order chi connectivity index (χ0) is 16.9. The molecule has 0 heterocycles. The highest BCUT2D eigenvalue weighted by atomic mass is 32.2. The first kappa shape index (κ1) is 16.6. The van der Waals surface area contributed by atoms with Gasteiger partial charge in [0.05, 0.1) is 17.7 Å². The maximum Gasteiger partial charge on any atom is 0.150 e. The highest BCUT2D eigenvalue weighted by Gasteiger charge is 2.14. The first-order chi connectivity index (χ1) is 11.7. The van der Waals surface area contributed by atoms with Gasteiger partial charge in [-0.15, -0.1) is 0 Å². The first-order valence-electron chi connectivity index (χ1n) is 7.61. The summed E-state index contributed by atoms with van der Waals surface area (Å²) in [5, 5.41) is 0. The van der Waals surface area contributed by atoms with Crippen molar-refractivity contribution in [2.45, 2.75) is 12.8 Å². The summed E-state index contributed by atoms with van der Waals surface area (Å²) in [6.07, 6.45) is 5.88. The number of hydrogen-bond acceptors (Lipinski definition) is 3. The quantitative estimate of drug-likeness (QED) is 0.682. The molecule has 0 atom stereocenters. The fourth-order valence-electron chi connectivity index (χ4n) is 2.48. The molecule has 24 heavy (non-hydrogen) atoms. The van der Waals surface area contributed by atoms with E-state index in [1.165, 1.54) is 18.0 Å². The van der Waals surface area contributed by atoms with Gasteiger partial charge in [-0.05, 0) is 42.5 Å². The molecule has 1 aliphatic rings. The summed E-state index contributed by atoms with van der Waals surface area (Å²) in [6.45, 7) is 0. The Morgan fingerprint density at radius 1 is 1.00 bits per heavy atom. The number of rotatable bonds is 5. The van der Waals surface area contributed by atoms with Crippen LogP contribution in [0.15, 0.2) is 65.3 Å². The van der Waals surface area contributed by atoms with Gasteiger partial charge >= 0.3 is 0 Å². The van der Waals surface area contributed by atoms with Crippen LogP contribution in [-0.4, -0.2) is 7.11 Å². The Morgan fingerprint density at radius 2 is 1.75 bits per heavy atom. The Labute approximate surface area is 144 Å². The highest BCUT2D eigenvalue weighted by Crippen LogP contribution is 2.33. The molecular formula is C19H17F2NOS. The average Bonchev–Trinajstić information content (AvgIpc) is 2.62. The largest absolute Gasteiger partial charge is 0.496 e. The summed E-state index contributed by atoms with van der Waals surface area (Å²) in [5.74, 6) is -0.438. The summed E-state index contributed by atoms with van der Waals surface area (Å²) in [6, 6.07) is 11.5. The zero-order valence-electron chi connectivity index (χ0n) is 13.2. The third-order valence-electron chi connectivity index (χ3n) is 3.70. The van der Waals surface area contributed by atoms with Crippen molar-refractivity contribution in [1.82, 2.24) is 0 Å². The van der Waals surface area contributed by atoms with Crippen LogP contribution in [0.2, 0.25) is 0 Å². The molecule has 0 saturated carbocycles. The normalized spacial score (nSPS) is 14.0. The number of anilines is 1. The molecular weight excluding hydrogens is 328 g/mol. The number of nitrogens with one attached hydrogen (secondary N) is 1. The SMILES string of the molecule is COC1=CCCC=C1SNc1cc(-c2ccccc2)c(F)cc1F. The molecule has 2 aromatic rings. The molecule has 0 fully saturated rings. The molecule has 124 valence electrons. The van der Waals surface area contributed by atoms with Crippen LogP contribution in [0.5, 0.6) is 0 Å². The lowest BCUT2D eigenvalue weighted by Crippen LogP contribution is -2.00. The van der Waals surface area contributed by atoms with Gasteiger partial charge in [0.25, 0.3) is 0 Å². The topological polar surface area (TPSA) is 21.3 Å². The maximum absolute atomic E-state index is 14.1. The van der Waals surface area contributed by atoms with Crippen molar-refractivity contribution in [3.05, 3.63) is 76.9 Å². The number of halogens is 2. The molecule has 1 N–H and O–H groups in total. The van der Waals surface area contributed by atoms with E-state index >= 15 is 0 Å². The monoisotopic (exact) mass is 345 g/mol. The van der Waals surface area contributed by atoms with Gasteiger partial charge in [0, 0.05) is 11.6 Å². The predicted octanol–water partition coefficient (Wildman–Crippen LogP) is 5.90. The molecule has 0 aromatic heterocycles. The lowest BCUT2D eigenvalue weighted by Gasteiger charge is -2.16. The van der Waals surface area contributed by atoms with Gasteiger partial charge < -0.3 is 9.46 Å². The van der Waals surface area contributed by atoms with Crippen molar-refractivity contribution < 1.29 is 13.5 Å². The molecule has 2 nitrogen and oxygen atoms in total. The van der Waals surface area contributed by atoms with Gasteiger partial charge in [0.2, 0.25) is 0 Å². The molecule has 5 heteroatoms. The van der Waals surface area contributed by atoms with Crippen molar-refractivity contribution >= 4 is 17.6 Å². The second kappa shape index (κ2) is 7.53. The Balaban J connectivity index is 1.84. The van der Waals surface area contributed by atoms with E-state index in [0.717, 1.165) is 29.6 Å². The van der Waals surface area contributed by atoms with E-state index in [9.17, 15) is 8.78 Å². The van der Waals surface area contributed by atoms with Crippen molar-refractivity contribution in [2.75, 3.05) is 11.8 Å². The highest BCUT2D eigenvalue weighted by molar-refractivity contribution is 8.04. The summed E-state index contributed by atoms with van der Waals surface area (Å²) in [7, 11) is 1.61. The van der Waals surface area contributed by atoms with Gasteiger partial charge in [0.15, 0.2) is 0 Å². The number of methoxy groups -OCH3 is 1. The van der Waals surface area contributed by atoms with Crippen LogP contribution in [0.4, 0.5) is 14.5 Å². The molecule has 0 amide bonds. The molecule has 3 rings (SSSR count). The lowest BCUT2D eigenvalue weighted by atomic mass is 10.0. The van der Waals surface area contributed by atoms with E-state index in [2.05, 4.69) is 4.72 Å². The van der Waals surface area contributed by atoms with Crippen LogP contribution < -0.4 is 4.72 Å². The summed E-state index contributed by atoms with van der Waals surface area (Å²) >= 11 is 1.26. The minimum absolute atomic E-state index is 0.238. The molecule has 0 radical (unpaired) electrons. The number of hydrogen-bond donors (Lipinski definition) is 1. The van der Waals surface area contributed by atoms with Gasteiger partial charge in [-0.1, -0.05) is 36.4 Å². The van der Waals surface area contributed by atoms with Crippen LogP contribution in [0, 0.1) is 11.6 Å². The fraction of sp³-hybridized carbons (Fsp3) is 0.158. The van der Waals surface area contributed by atoms with E-state index in [4.69, 9.17) is 4.74 Å². The Kier molecular flexibility index (Phi) is 5.20. The van der Waals surface area contributed by atoms with E-state index in [-0.39, 0.29) is 5.69 Å². The van der Waals surface area contributed by atoms with Crippen molar-refractivity contribution in [3.8, 4) is 11.1 Å². The molecule has 2 aromatic carbocycles. The molecule has 0 unspecified atom stereocenters. The van der Waals surface area contributed by atoms with Crippen molar-refractivity contribution in [3.63, 3.8) is 0 Å². The van der Waals surface area contributed by atoms with Crippen molar-refractivity contribution in [2.24, 2.45) is 0 Å². The Hall–Kier alpha value is -2.27. The molecule has 0 bridgehead atoms. The number of ether oxygens (including phenoxy) is 1. The third kappa shape index (κ3) is 3.62. The smallest absolute Gasteiger partial charge is 0.150 e. The Bertz CT molecular complexity index is 787. The fourth-order valence-corrected chi connectivity index (χ4v) is 3.33. The van der Waals surface area contributed by atoms with Gasteiger partial charge in [0.1, 0.15) is 17.4 Å². The summed E-state index contributed by atoms with van der Waals surface area (Å²) < 4.78 is 36.5. The summed E-state index contributed by atoms with van der Waals surface area (Å²) in [5.41, 5.74) is 1.31. The average molecular weight is 345 g/mol. The van der Waals surface area contributed by atoms with Crippen LogP contribution >= 0.6 is 11.9 Å². The molecule has 1 aliphatic carbocycles.